The largest absolute Gasteiger partial charge is 0.389 e. The second kappa shape index (κ2) is 5.45. The van der Waals surface area contributed by atoms with E-state index >= 15 is 0 Å². The van der Waals surface area contributed by atoms with Gasteiger partial charge < -0.3 is 10.0 Å². The van der Waals surface area contributed by atoms with Crippen LogP contribution in [0.15, 0.2) is 18.3 Å². The van der Waals surface area contributed by atoms with Crippen LogP contribution < -0.4 is 0 Å². The van der Waals surface area contributed by atoms with E-state index in [2.05, 4.69) is 29.8 Å². The molecular formula is C17H26N2O. The molecular weight excluding hydrogens is 248 g/mol. The Kier molecular flexibility index (Phi) is 3.83. The maximum absolute atomic E-state index is 11.2. The average Bonchev–Trinajstić information content (AvgIpc) is 2.77. The molecule has 1 aliphatic carbocycles. The highest BCUT2D eigenvalue weighted by molar-refractivity contribution is 5.31. The Morgan fingerprint density at radius 1 is 1.35 bits per heavy atom. The van der Waals surface area contributed by atoms with Gasteiger partial charge in [0.05, 0.1) is 5.60 Å². The number of aromatic nitrogens is 1. The number of aliphatic hydroxyl groups is 1. The van der Waals surface area contributed by atoms with Crippen molar-refractivity contribution in [3.05, 3.63) is 29.6 Å². The topological polar surface area (TPSA) is 36.4 Å². The molecule has 3 rings (SSSR count). The Balaban J connectivity index is 1.80. The molecule has 0 saturated carbocycles. The first-order chi connectivity index (χ1) is 9.60. The normalized spacial score (nSPS) is 31.3. The number of hydrogen-bond acceptors (Lipinski definition) is 3. The fourth-order valence-electron chi connectivity index (χ4n) is 3.96. The van der Waals surface area contributed by atoms with Crippen LogP contribution in [0.25, 0.3) is 0 Å². The molecule has 0 spiro atoms. The van der Waals surface area contributed by atoms with Gasteiger partial charge in [0.25, 0.3) is 0 Å². The summed E-state index contributed by atoms with van der Waals surface area (Å²) < 4.78 is 0. The molecule has 2 heterocycles. The standard InChI is InChI=1S/C17H26N2O/c1-13(2)19-11-4-8-17(20,9-12-19)15-7-6-14-5-3-10-18-16(14)15/h3,5,10,13,15,20H,4,6-9,11-12H2,1-2H3. The van der Waals surface area contributed by atoms with Crippen LogP contribution in [0.1, 0.15) is 56.7 Å². The van der Waals surface area contributed by atoms with Crippen molar-refractivity contribution in [3.8, 4) is 0 Å². The smallest absolute Gasteiger partial charge is 0.0744 e. The molecule has 1 N–H and O–H groups in total. The molecule has 110 valence electrons. The summed E-state index contributed by atoms with van der Waals surface area (Å²) in [6, 6.07) is 4.76. The fraction of sp³-hybridized carbons (Fsp3) is 0.706. The summed E-state index contributed by atoms with van der Waals surface area (Å²) in [7, 11) is 0. The Bertz CT molecular complexity index is 474. The first kappa shape index (κ1) is 14.0. The van der Waals surface area contributed by atoms with Crippen LogP contribution >= 0.6 is 0 Å². The van der Waals surface area contributed by atoms with Crippen molar-refractivity contribution in [2.24, 2.45) is 0 Å². The monoisotopic (exact) mass is 274 g/mol. The van der Waals surface area contributed by atoms with Crippen LogP contribution in [0.5, 0.6) is 0 Å². The van der Waals surface area contributed by atoms with E-state index in [1.54, 1.807) is 0 Å². The van der Waals surface area contributed by atoms with Crippen LogP contribution in [0.4, 0.5) is 0 Å². The summed E-state index contributed by atoms with van der Waals surface area (Å²) in [5.74, 6) is 0.241. The van der Waals surface area contributed by atoms with Crippen LogP contribution in [-0.4, -0.2) is 39.7 Å². The van der Waals surface area contributed by atoms with E-state index in [-0.39, 0.29) is 5.92 Å². The Morgan fingerprint density at radius 2 is 2.20 bits per heavy atom. The minimum Gasteiger partial charge on any atom is -0.389 e. The third-order valence-corrected chi connectivity index (χ3v) is 5.22. The van der Waals surface area contributed by atoms with Gasteiger partial charge in [0, 0.05) is 30.4 Å². The molecule has 3 heteroatoms. The predicted octanol–water partition coefficient (Wildman–Crippen LogP) is 2.74. The van der Waals surface area contributed by atoms with Gasteiger partial charge in [-0.15, -0.1) is 0 Å². The summed E-state index contributed by atoms with van der Waals surface area (Å²) in [6.07, 6.45) is 6.89. The lowest BCUT2D eigenvalue weighted by Gasteiger charge is -2.33. The SMILES string of the molecule is CC(C)N1CCCC(O)(C2CCc3cccnc32)CC1. The first-order valence-electron chi connectivity index (χ1n) is 8.00. The van der Waals surface area contributed by atoms with E-state index in [0.717, 1.165) is 50.9 Å². The first-order valence-corrected chi connectivity index (χ1v) is 8.00. The molecule has 0 radical (unpaired) electrons. The van der Waals surface area contributed by atoms with Crippen molar-refractivity contribution in [1.82, 2.24) is 9.88 Å². The number of nitrogens with zero attached hydrogens (tertiary/aromatic N) is 2. The van der Waals surface area contributed by atoms with Crippen molar-refractivity contribution in [3.63, 3.8) is 0 Å². The highest BCUT2D eigenvalue weighted by Crippen LogP contribution is 2.44. The molecule has 20 heavy (non-hydrogen) atoms. The van der Waals surface area contributed by atoms with Crippen LogP contribution in [0.3, 0.4) is 0 Å². The molecule has 3 nitrogen and oxygen atoms in total. The zero-order valence-corrected chi connectivity index (χ0v) is 12.7. The summed E-state index contributed by atoms with van der Waals surface area (Å²) in [5.41, 5.74) is 1.95. The summed E-state index contributed by atoms with van der Waals surface area (Å²) in [6.45, 7) is 6.61. The summed E-state index contributed by atoms with van der Waals surface area (Å²) in [4.78, 5) is 7.06. The van der Waals surface area contributed by atoms with E-state index in [0.29, 0.717) is 6.04 Å². The second-order valence-electron chi connectivity index (χ2n) is 6.73. The number of aryl methyl sites for hydroxylation is 1. The van der Waals surface area contributed by atoms with Gasteiger partial charge in [0.1, 0.15) is 0 Å². The molecule has 0 aromatic carbocycles. The molecule has 2 aliphatic rings. The van der Waals surface area contributed by atoms with Crippen molar-refractivity contribution >= 4 is 0 Å². The lowest BCUT2D eigenvalue weighted by Crippen LogP contribution is -2.38. The quantitative estimate of drug-likeness (QED) is 0.901. The molecule has 2 unspecified atom stereocenters. The van der Waals surface area contributed by atoms with Crippen molar-refractivity contribution in [2.75, 3.05) is 13.1 Å². The van der Waals surface area contributed by atoms with E-state index in [1.807, 2.05) is 12.3 Å². The maximum atomic E-state index is 11.2. The predicted molar refractivity (Wildman–Crippen MR) is 80.8 cm³/mol. The van der Waals surface area contributed by atoms with Crippen LogP contribution in [-0.2, 0) is 6.42 Å². The fourth-order valence-corrected chi connectivity index (χ4v) is 3.96. The van der Waals surface area contributed by atoms with Crippen molar-refractivity contribution < 1.29 is 5.11 Å². The third kappa shape index (κ3) is 2.49. The Labute approximate surface area is 122 Å². The number of pyridine rings is 1. The van der Waals surface area contributed by atoms with E-state index in [1.165, 1.54) is 5.56 Å². The van der Waals surface area contributed by atoms with Gasteiger partial charge in [-0.1, -0.05) is 6.07 Å². The highest BCUT2D eigenvalue weighted by atomic mass is 16.3. The van der Waals surface area contributed by atoms with Crippen LogP contribution in [0.2, 0.25) is 0 Å². The van der Waals surface area contributed by atoms with Gasteiger partial charge in [0.15, 0.2) is 0 Å². The average molecular weight is 274 g/mol. The van der Waals surface area contributed by atoms with Gasteiger partial charge in [-0.3, -0.25) is 4.98 Å². The van der Waals surface area contributed by atoms with Crippen molar-refractivity contribution in [2.45, 2.75) is 63.5 Å². The van der Waals surface area contributed by atoms with Gasteiger partial charge in [-0.2, -0.15) is 0 Å². The molecule has 1 aliphatic heterocycles. The summed E-state index contributed by atoms with van der Waals surface area (Å²) in [5, 5.41) is 11.2. The lowest BCUT2D eigenvalue weighted by molar-refractivity contribution is -0.00345. The van der Waals surface area contributed by atoms with E-state index in [9.17, 15) is 5.11 Å². The van der Waals surface area contributed by atoms with Crippen molar-refractivity contribution in [1.29, 1.82) is 0 Å². The highest BCUT2D eigenvalue weighted by Gasteiger charge is 2.42. The zero-order chi connectivity index (χ0) is 14.2. The minimum absolute atomic E-state index is 0.241. The van der Waals surface area contributed by atoms with Gasteiger partial charge in [0.2, 0.25) is 0 Å². The molecule has 0 bridgehead atoms. The number of hydrogen-bond donors (Lipinski definition) is 1. The number of likely N-dealkylation sites (tertiary alicyclic amines) is 1. The molecule has 1 saturated heterocycles. The second-order valence-corrected chi connectivity index (χ2v) is 6.73. The lowest BCUT2D eigenvalue weighted by atomic mass is 9.80. The zero-order valence-electron chi connectivity index (χ0n) is 12.7. The maximum Gasteiger partial charge on any atom is 0.0744 e. The Hall–Kier alpha value is -0.930. The van der Waals surface area contributed by atoms with E-state index < -0.39 is 5.60 Å². The Morgan fingerprint density at radius 3 is 3.00 bits per heavy atom. The molecule has 1 fully saturated rings. The molecule has 2 atom stereocenters. The van der Waals surface area contributed by atoms with E-state index in [4.69, 9.17) is 0 Å². The molecule has 1 aromatic rings. The molecule has 1 aromatic heterocycles. The van der Waals surface area contributed by atoms with Gasteiger partial charge in [-0.25, -0.2) is 0 Å². The minimum atomic E-state index is -0.552. The number of rotatable bonds is 2. The summed E-state index contributed by atoms with van der Waals surface area (Å²) >= 11 is 0. The van der Waals surface area contributed by atoms with Gasteiger partial charge >= 0.3 is 0 Å². The molecule has 0 amide bonds. The van der Waals surface area contributed by atoms with Crippen LogP contribution in [0, 0.1) is 0 Å². The third-order valence-electron chi connectivity index (χ3n) is 5.22. The van der Waals surface area contributed by atoms with Gasteiger partial charge in [-0.05, 0) is 64.1 Å². The number of fused-ring (bicyclic) bond motifs is 1.